The highest BCUT2D eigenvalue weighted by molar-refractivity contribution is 7.92. The Bertz CT molecular complexity index is 1370. The molecule has 0 N–H and O–H groups in total. The summed E-state index contributed by atoms with van der Waals surface area (Å²) in [7, 11) is -3.30. The third-order valence-corrected chi connectivity index (χ3v) is 7.02. The molecule has 1 aromatic heterocycles. The molecule has 0 aliphatic carbocycles. The minimum atomic E-state index is -3.30. The summed E-state index contributed by atoms with van der Waals surface area (Å²) in [6, 6.07) is 20.9. The maximum atomic E-state index is 12.3. The van der Waals surface area contributed by atoms with Crippen molar-refractivity contribution in [3.05, 3.63) is 90.4 Å². The highest BCUT2D eigenvalue weighted by atomic mass is 32.2. The summed E-state index contributed by atoms with van der Waals surface area (Å²) in [6.45, 7) is 3.35. The average molecular weight is 413 g/mol. The third-order valence-electron chi connectivity index (χ3n) is 4.85. The zero-order valence-corrected chi connectivity index (χ0v) is 17.5. The molecule has 0 bridgehead atoms. The van der Waals surface area contributed by atoms with E-state index in [0.717, 1.165) is 21.9 Å². The smallest absolute Gasteiger partial charge is 0.180 e. The Morgan fingerprint density at radius 2 is 1.57 bits per heavy atom. The van der Waals surface area contributed by atoms with Crippen LogP contribution in [0, 0.1) is 11.8 Å². The molecule has 0 fully saturated rings. The molecule has 0 aliphatic rings. The van der Waals surface area contributed by atoms with Crippen LogP contribution in [0.15, 0.2) is 84.0 Å². The number of aromatic nitrogens is 2. The fourth-order valence-electron chi connectivity index (χ4n) is 3.12. The molecule has 4 aromatic rings. The summed E-state index contributed by atoms with van der Waals surface area (Å²) in [5.41, 5.74) is 2.93. The molecule has 0 unspecified atom stereocenters. The van der Waals surface area contributed by atoms with Gasteiger partial charge in [-0.3, -0.25) is 4.98 Å². The molecule has 1 heterocycles. The van der Waals surface area contributed by atoms with Crippen LogP contribution < -0.4 is 0 Å². The lowest BCUT2D eigenvalue weighted by Crippen LogP contribution is -2.13. The molecule has 4 rings (SSSR count). The van der Waals surface area contributed by atoms with Gasteiger partial charge in [0, 0.05) is 11.1 Å². The Morgan fingerprint density at radius 1 is 0.833 bits per heavy atom. The van der Waals surface area contributed by atoms with Crippen molar-refractivity contribution < 1.29 is 8.42 Å². The van der Waals surface area contributed by atoms with E-state index in [1.165, 1.54) is 0 Å². The lowest BCUT2D eigenvalue weighted by molar-refractivity contribution is 0.587. The van der Waals surface area contributed by atoms with E-state index in [-0.39, 0.29) is 0 Å². The van der Waals surface area contributed by atoms with E-state index in [9.17, 15) is 8.42 Å². The van der Waals surface area contributed by atoms with Crippen molar-refractivity contribution in [2.24, 2.45) is 0 Å². The number of rotatable bonds is 3. The molecule has 3 aromatic carbocycles. The number of benzene rings is 3. The molecule has 0 spiro atoms. The number of fused-ring (bicyclic) bond motifs is 1. The number of hydrogen-bond acceptors (Lipinski definition) is 4. The standard InChI is InChI=1S/C25H20N2O2S/c1-18(2)30(28,29)23-14-11-21(12-15-23)25-17-26-16-22(27-25)13-10-20-8-5-7-19-6-3-4-9-24(19)20/h3-9,11-12,14-18H,1-2H3. The zero-order chi connectivity index (χ0) is 21.1. The third kappa shape index (κ3) is 3.96. The van der Waals surface area contributed by atoms with Gasteiger partial charge in [-0.15, -0.1) is 0 Å². The predicted molar refractivity (Wildman–Crippen MR) is 120 cm³/mol. The first-order valence-corrected chi connectivity index (χ1v) is 11.2. The van der Waals surface area contributed by atoms with Crippen LogP contribution in [-0.2, 0) is 9.84 Å². The van der Waals surface area contributed by atoms with Crippen molar-refractivity contribution in [2.75, 3.05) is 0 Å². The van der Waals surface area contributed by atoms with E-state index >= 15 is 0 Å². The Balaban J connectivity index is 1.65. The van der Waals surface area contributed by atoms with Crippen LogP contribution in [0.25, 0.3) is 22.0 Å². The first-order valence-electron chi connectivity index (χ1n) is 9.61. The van der Waals surface area contributed by atoms with Crippen LogP contribution in [-0.4, -0.2) is 23.6 Å². The van der Waals surface area contributed by atoms with Gasteiger partial charge < -0.3 is 0 Å². The number of hydrogen-bond donors (Lipinski definition) is 0. The molecule has 4 nitrogen and oxygen atoms in total. The summed E-state index contributed by atoms with van der Waals surface area (Å²) in [6.07, 6.45) is 3.27. The van der Waals surface area contributed by atoms with Gasteiger partial charge in [0.1, 0.15) is 5.69 Å². The Hall–Kier alpha value is -3.49. The van der Waals surface area contributed by atoms with Crippen LogP contribution in [0.3, 0.4) is 0 Å². The highest BCUT2D eigenvalue weighted by Gasteiger charge is 2.18. The van der Waals surface area contributed by atoms with E-state index in [4.69, 9.17) is 0 Å². The van der Waals surface area contributed by atoms with Gasteiger partial charge in [0.2, 0.25) is 0 Å². The van der Waals surface area contributed by atoms with Crippen LogP contribution in [0.2, 0.25) is 0 Å². The molecule has 0 aliphatic heterocycles. The molecule has 148 valence electrons. The maximum absolute atomic E-state index is 12.3. The first-order chi connectivity index (χ1) is 14.4. The van der Waals surface area contributed by atoms with Gasteiger partial charge in [-0.05, 0) is 48.7 Å². The van der Waals surface area contributed by atoms with Crippen LogP contribution in [0.5, 0.6) is 0 Å². The molecule has 0 saturated carbocycles. The normalized spacial score (nSPS) is 11.3. The van der Waals surface area contributed by atoms with Crippen LogP contribution in [0.4, 0.5) is 0 Å². The summed E-state index contributed by atoms with van der Waals surface area (Å²) >= 11 is 0. The Morgan fingerprint density at radius 3 is 2.33 bits per heavy atom. The molecule has 5 heteroatoms. The quantitative estimate of drug-likeness (QED) is 0.450. The molecule has 30 heavy (non-hydrogen) atoms. The summed E-state index contributed by atoms with van der Waals surface area (Å²) in [5.74, 6) is 6.29. The SMILES string of the molecule is CC(C)S(=O)(=O)c1ccc(-c2cncc(C#Cc3cccc4ccccc34)n2)cc1. The fraction of sp³-hybridized carbons (Fsp3) is 0.120. The van der Waals surface area contributed by atoms with Gasteiger partial charge in [-0.1, -0.05) is 54.5 Å². The van der Waals surface area contributed by atoms with Crippen molar-refractivity contribution in [2.45, 2.75) is 24.0 Å². The second kappa shape index (κ2) is 8.10. The summed E-state index contributed by atoms with van der Waals surface area (Å²) in [4.78, 5) is 9.14. The van der Waals surface area contributed by atoms with E-state index in [1.54, 1.807) is 50.5 Å². The fourth-order valence-corrected chi connectivity index (χ4v) is 4.18. The molecular formula is C25H20N2O2S. The minimum Gasteiger partial charge on any atom is -0.259 e. The largest absolute Gasteiger partial charge is 0.259 e. The lowest BCUT2D eigenvalue weighted by atomic mass is 10.1. The molecule has 0 saturated heterocycles. The molecule has 0 radical (unpaired) electrons. The van der Waals surface area contributed by atoms with Crippen molar-refractivity contribution in [3.8, 4) is 23.1 Å². The second-order valence-electron chi connectivity index (χ2n) is 7.18. The van der Waals surface area contributed by atoms with Gasteiger partial charge in [0.25, 0.3) is 0 Å². The first kappa shape index (κ1) is 19.8. The van der Waals surface area contributed by atoms with E-state index in [0.29, 0.717) is 16.3 Å². The Labute approximate surface area is 176 Å². The predicted octanol–water partition coefficient (Wildman–Crippen LogP) is 4.88. The van der Waals surface area contributed by atoms with Gasteiger partial charge >= 0.3 is 0 Å². The Kier molecular flexibility index (Phi) is 5.35. The van der Waals surface area contributed by atoms with Gasteiger partial charge in [-0.25, -0.2) is 13.4 Å². The molecule has 0 atom stereocenters. The lowest BCUT2D eigenvalue weighted by Gasteiger charge is -2.08. The summed E-state index contributed by atoms with van der Waals surface area (Å²) in [5, 5.41) is 1.77. The van der Waals surface area contributed by atoms with Crippen molar-refractivity contribution in [1.29, 1.82) is 0 Å². The average Bonchev–Trinajstić information content (AvgIpc) is 2.78. The zero-order valence-electron chi connectivity index (χ0n) is 16.7. The monoisotopic (exact) mass is 412 g/mol. The van der Waals surface area contributed by atoms with Gasteiger partial charge in [-0.2, -0.15) is 0 Å². The minimum absolute atomic E-state index is 0.307. The number of sulfone groups is 1. The van der Waals surface area contributed by atoms with Crippen molar-refractivity contribution >= 4 is 20.6 Å². The van der Waals surface area contributed by atoms with Crippen LogP contribution in [0.1, 0.15) is 25.1 Å². The van der Waals surface area contributed by atoms with Crippen molar-refractivity contribution in [1.82, 2.24) is 9.97 Å². The van der Waals surface area contributed by atoms with E-state index in [2.05, 4.69) is 33.9 Å². The molecule has 0 amide bonds. The second-order valence-corrected chi connectivity index (χ2v) is 9.69. The van der Waals surface area contributed by atoms with Crippen molar-refractivity contribution in [3.63, 3.8) is 0 Å². The van der Waals surface area contributed by atoms with E-state index in [1.807, 2.05) is 30.3 Å². The number of nitrogens with zero attached hydrogens (tertiary/aromatic N) is 2. The van der Waals surface area contributed by atoms with Gasteiger partial charge in [0.15, 0.2) is 9.84 Å². The summed E-state index contributed by atoms with van der Waals surface area (Å²) < 4.78 is 24.6. The van der Waals surface area contributed by atoms with E-state index < -0.39 is 15.1 Å². The van der Waals surface area contributed by atoms with Gasteiger partial charge in [0.05, 0.1) is 28.2 Å². The highest BCUT2D eigenvalue weighted by Crippen LogP contribution is 2.22. The maximum Gasteiger partial charge on any atom is 0.180 e. The molecular weight excluding hydrogens is 392 g/mol. The van der Waals surface area contributed by atoms with Crippen LogP contribution >= 0.6 is 0 Å². The topological polar surface area (TPSA) is 59.9 Å².